The van der Waals surface area contributed by atoms with E-state index >= 15 is 0 Å². The molecule has 1 aromatic rings. The summed E-state index contributed by atoms with van der Waals surface area (Å²) < 4.78 is 5.00. The predicted molar refractivity (Wildman–Crippen MR) is 71.6 cm³/mol. The van der Waals surface area contributed by atoms with Gasteiger partial charge in [-0.2, -0.15) is 0 Å². The van der Waals surface area contributed by atoms with Crippen LogP contribution in [0.2, 0.25) is 0 Å². The lowest BCUT2D eigenvalue weighted by Crippen LogP contribution is -2.35. The average Bonchev–Trinajstić information content (AvgIpc) is 2.30. The molecule has 0 spiro atoms. The number of benzene rings is 1. The molecule has 1 amide bonds. The van der Waals surface area contributed by atoms with Gasteiger partial charge in [0.25, 0.3) is 5.91 Å². The summed E-state index contributed by atoms with van der Waals surface area (Å²) >= 11 is 1.68. The maximum atomic E-state index is 12.0. The first-order valence-corrected chi connectivity index (χ1v) is 6.69. The summed E-state index contributed by atoms with van der Waals surface area (Å²) in [6.07, 6.45) is 0. The molecule has 0 unspecified atom stereocenters. The van der Waals surface area contributed by atoms with Gasteiger partial charge in [0.2, 0.25) is 0 Å². The highest BCUT2D eigenvalue weighted by Gasteiger charge is 2.13. The Hall–Kier alpha value is -1.00. The average molecular weight is 253 g/mol. The number of methoxy groups -OCH3 is 1. The van der Waals surface area contributed by atoms with Crippen molar-refractivity contribution >= 4 is 17.7 Å². The van der Waals surface area contributed by atoms with E-state index in [0.29, 0.717) is 6.61 Å². The fraction of sp³-hybridized carbons (Fsp3) is 0.462. The highest BCUT2D eigenvalue weighted by Crippen LogP contribution is 2.22. The molecule has 17 heavy (non-hydrogen) atoms. The molecule has 0 fully saturated rings. The molecule has 1 N–H and O–H groups in total. The van der Waals surface area contributed by atoms with Gasteiger partial charge in [-0.3, -0.25) is 4.79 Å². The van der Waals surface area contributed by atoms with Crippen molar-refractivity contribution < 1.29 is 9.53 Å². The third kappa shape index (κ3) is 4.40. The summed E-state index contributed by atoms with van der Waals surface area (Å²) in [6, 6.07) is 7.69. The van der Waals surface area contributed by atoms with Crippen LogP contribution in [0.15, 0.2) is 29.2 Å². The van der Waals surface area contributed by atoms with Crippen LogP contribution in [0.25, 0.3) is 0 Å². The van der Waals surface area contributed by atoms with Crippen LogP contribution in [0.1, 0.15) is 24.2 Å². The fourth-order valence-corrected chi connectivity index (χ4v) is 2.33. The third-order valence-corrected chi connectivity index (χ3v) is 3.18. The van der Waals surface area contributed by atoms with Crippen molar-refractivity contribution in [1.82, 2.24) is 5.32 Å². The molecule has 0 aliphatic rings. The Morgan fingerprint density at radius 3 is 2.82 bits per heavy atom. The Morgan fingerprint density at radius 1 is 1.47 bits per heavy atom. The van der Waals surface area contributed by atoms with Gasteiger partial charge in [-0.15, -0.1) is 11.8 Å². The van der Waals surface area contributed by atoms with E-state index in [1.807, 2.05) is 31.2 Å². The van der Waals surface area contributed by atoms with E-state index in [0.717, 1.165) is 16.2 Å². The van der Waals surface area contributed by atoms with E-state index in [4.69, 9.17) is 4.74 Å². The molecule has 4 heteroatoms. The van der Waals surface area contributed by atoms with Crippen molar-refractivity contribution in [3.05, 3.63) is 29.8 Å². The van der Waals surface area contributed by atoms with Gasteiger partial charge in [0.15, 0.2) is 0 Å². The summed E-state index contributed by atoms with van der Waals surface area (Å²) in [5, 5.41) is 2.92. The summed E-state index contributed by atoms with van der Waals surface area (Å²) in [7, 11) is 1.63. The molecule has 1 aromatic carbocycles. The molecule has 0 aliphatic heterocycles. The summed E-state index contributed by atoms with van der Waals surface area (Å²) in [5.74, 6) is 0.920. The van der Waals surface area contributed by atoms with Crippen LogP contribution in [0.5, 0.6) is 0 Å². The summed E-state index contributed by atoms with van der Waals surface area (Å²) in [4.78, 5) is 13.1. The van der Waals surface area contributed by atoms with Crippen LogP contribution in [0.3, 0.4) is 0 Å². The lowest BCUT2D eigenvalue weighted by atomic mass is 10.2. The number of ether oxygens (including phenoxy) is 1. The molecule has 0 bridgehead atoms. The number of hydrogen-bond acceptors (Lipinski definition) is 3. The zero-order valence-corrected chi connectivity index (χ0v) is 11.3. The largest absolute Gasteiger partial charge is 0.383 e. The number of nitrogens with one attached hydrogen (secondary N) is 1. The van der Waals surface area contributed by atoms with Gasteiger partial charge >= 0.3 is 0 Å². The number of amides is 1. The monoisotopic (exact) mass is 253 g/mol. The van der Waals surface area contributed by atoms with Gasteiger partial charge in [0.05, 0.1) is 12.2 Å². The van der Waals surface area contributed by atoms with E-state index < -0.39 is 0 Å². The Kier molecular flexibility index (Phi) is 6.08. The Balaban J connectivity index is 2.74. The van der Waals surface area contributed by atoms with E-state index in [1.165, 1.54) is 0 Å². The van der Waals surface area contributed by atoms with Crippen molar-refractivity contribution in [2.75, 3.05) is 19.5 Å². The molecule has 0 saturated carbocycles. The first kappa shape index (κ1) is 14.1. The Bertz CT molecular complexity index is 368. The van der Waals surface area contributed by atoms with Gasteiger partial charge in [0, 0.05) is 18.0 Å². The molecule has 0 radical (unpaired) electrons. The predicted octanol–water partition coefficient (Wildman–Crippen LogP) is 2.56. The minimum Gasteiger partial charge on any atom is -0.383 e. The normalized spacial score (nSPS) is 12.2. The Morgan fingerprint density at radius 2 is 2.18 bits per heavy atom. The highest BCUT2D eigenvalue weighted by molar-refractivity contribution is 7.99. The molecular formula is C13H19NO2S. The number of rotatable bonds is 6. The third-order valence-electron chi connectivity index (χ3n) is 2.23. The molecule has 3 nitrogen and oxygen atoms in total. The quantitative estimate of drug-likeness (QED) is 0.792. The van der Waals surface area contributed by atoms with Crippen molar-refractivity contribution in [3.8, 4) is 0 Å². The van der Waals surface area contributed by atoms with E-state index in [9.17, 15) is 4.79 Å². The zero-order chi connectivity index (χ0) is 12.7. The van der Waals surface area contributed by atoms with Gasteiger partial charge < -0.3 is 10.1 Å². The molecule has 1 rings (SSSR count). The van der Waals surface area contributed by atoms with E-state index in [1.54, 1.807) is 18.9 Å². The molecule has 0 aromatic heterocycles. The lowest BCUT2D eigenvalue weighted by molar-refractivity contribution is 0.0902. The second kappa shape index (κ2) is 7.35. The number of thioether (sulfide) groups is 1. The number of hydrogen-bond donors (Lipinski definition) is 1. The van der Waals surface area contributed by atoms with Crippen LogP contribution in [-0.4, -0.2) is 31.4 Å². The first-order chi connectivity index (χ1) is 8.19. The van der Waals surface area contributed by atoms with Crippen LogP contribution in [-0.2, 0) is 4.74 Å². The fourth-order valence-electron chi connectivity index (χ4n) is 1.53. The second-order valence-electron chi connectivity index (χ2n) is 3.76. The molecule has 0 aliphatic carbocycles. The maximum absolute atomic E-state index is 12.0. The van der Waals surface area contributed by atoms with E-state index in [-0.39, 0.29) is 11.9 Å². The van der Waals surface area contributed by atoms with Gasteiger partial charge in [-0.05, 0) is 24.8 Å². The zero-order valence-electron chi connectivity index (χ0n) is 10.5. The minimum atomic E-state index is -0.0360. The van der Waals surface area contributed by atoms with Gasteiger partial charge in [-0.25, -0.2) is 0 Å². The molecule has 0 saturated heterocycles. The second-order valence-corrected chi connectivity index (χ2v) is 5.06. The highest BCUT2D eigenvalue weighted by atomic mass is 32.2. The molecule has 94 valence electrons. The topological polar surface area (TPSA) is 38.3 Å². The van der Waals surface area contributed by atoms with Crippen LogP contribution < -0.4 is 5.32 Å². The number of carbonyl (C=O) groups excluding carboxylic acids is 1. The minimum absolute atomic E-state index is 0.0205. The van der Waals surface area contributed by atoms with Gasteiger partial charge in [0.1, 0.15) is 0 Å². The SMILES string of the molecule is CCSc1ccccc1C(=O)N[C@@H](C)COC. The number of carbonyl (C=O) groups is 1. The maximum Gasteiger partial charge on any atom is 0.252 e. The summed E-state index contributed by atoms with van der Waals surface area (Å²) in [6.45, 7) is 4.53. The van der Waals surface area contributed by atoms with Crippen molar-refractivity contribution in [3.63, 3.8) is 0 Å². The van der Waals surface area contributed by atoms with Crippen LogP contribution in [0, 0.1) is 0 Å². The Labute approximate surface area is 107 Å². The smallest absolute Gasteiger partial charge is 0.252 e. The first-order valence-electron chi connectivity index (χ1n) is 5.70. The standard InChI is InChI=1S/C13H19NO2S/c1-4-17-12-8-6-5-7-11(12)13(15)14-10(2)9-16-3/h5-8,10H,4,9H2,1-3H3,(H,14,15)/t10-/m0/s1. The van der Waals surface area contributed by atoms with Crippen LogP contribution >= 0.6 is 11.8 Å². The molecule has 1 atom stereocenters. The van der Waals surface area contributed by atoms with Crippen molar-refractivity contribution in [1.29, 1.82) is 0 Å². The molecule has 0 heterocycles. The lowest BCUT2D eigenvalue weighted by Gasteiger charge is -2.14. The van der Waals surface area contributed by atoms with Crippen molar-refractivity contribution in [2.45, 2.75) is 24.8 Å². The van der Waals surface area contributed by atoms with E-state index in [2.05, 4.69) is 12.2 Å². The summed E-state index contributed by atoms with van der Waals surface area (Å²) in [5.41, 5.74) is 0.738. The van der Waals surface area contributed by atoms with Crippen molar-refractivity contribution in [2.24, 2.45) is 0 Å². The molecular weight excluding hydrogens is 234 g/mol. The van der Waals surface area contributed by atoms with Crippen LogP contribution in [0.4, 0.5) is 0 Å². The van der Waals surface area contributed by atoms with Gasteiger partial charge in [-0.1, -0.05) is 19.1 Å².